The van der Waals surface area contributed by atoms with Gasteiger partial charge in [-0.1, -0.05) is 23.2 Å². The molecule has 4 nitrogen and oxygen atoms in total. The van der Waals surface area contributed by atoms with Crippen LogP contribution in [-0.4, -0.2) is 43.9 Å². The summed E-state index contributed by atoms with van der Waals surface area (Å²) in [5, 5.41) is 9.65. The molecular formula is C14H19Cl2NO3. The highest BCUT2D eigenvalue weighted by Crippen LogP contribution is 2.25. The van der Waals surface area contributed by atoms with E-state index in [1.807, 2.05) is 23.1 Å². The highest BCUT2D eigenvalue weighted by atomic mass is 35.5. The van der Waals surface area contributed by atoms with Crippen molar-refractivity contribution in [2.75, 3.05) is 33.9 Å². The van der Waals surface area contributed by atoms with Gasteiger partial charge in [0.25, 0.3) is 0 Å². The SMILES string of the molecule is COc1ccc(OC)c(CN(CCO)C/C(Cl)=C/Cl)c1. The first-order chi connectivity index (χ1) is 9.64. The zero-order valence-electron chi connectivity index (χ0n) is 11.6. The minimum atomic E-state index is 0.0404. The normalized spacial score (nSPS) is 11.8. The van der Waals surface area contributed by atoms with Crippen molar-refractivity contribution in [1.82, 2.24) is 4.90 Å². The lowest BCUT2D eigenvalue weighted by atomic mass is 10.1. The van der Waals surface area contributed by atoms with Crippen molar-refractivity contribution in [2.24, 2.45) is 0 Å². The Morgan fingerprint density at radius 3 is 2.65 bits per heavy atom. The predicted octanol–water partition coefficient (Wildman–Crippen LogP) is 2.82. The summed E-state index contributed by atoms with van der Waals surface area (Å²) in [5.74, 6) is 1.52. The van der Waals surface area contributed by atoms with Crippen LogP contribution in [0.5, 0.6) is 11.5 Å². The van der Waals surface area contributed by atoms with Gasteiger partial charge in [-0.3, -0.25) is 4.90 Å². The van der Waals surface area contributed by atoms with E-state index in [2.05, 4.69) is 0 Å². The molecule has 0 amide bonds. The van der Waals surface area contributed by atoms with Crippen molar-refractivity contribution in [2.45, 2.75) is 6.54 Å². The molecule has 1 aromatic carbocycles. The van der Waals surface area contributed by atoms with Gasteiger partial charge in [0.15, 0.2) is 0 Å². The minimum absolute atomic E-state index is 0.0404. The smallest absolute Gasteiger partial charge is 0.123 e. The standard InChI is InChI=1S/C14H19Cl2NO3/c1-19-13-3-4-14(20-2)11(7-13)9-17(5-6-18)10-12(16)8-15/h3-4,7-8,18H,5-6,9-10H2,1-2H3/b12-8-. The molecule has 1 rings (SSSR count). The van der Waals surface area contributed by atoms with Crippen LogP contribution in [-0.2, 0) is 6.54 Å². The van der Waals surface area contributed by atoms with Crippen molar-refractivity contribution >= 4 is 23.2 Å². The van der Waals surface area contributed by atoms with E-state index < -0.39 is 0 Å². The molecule has 0 bridgehead atoms. The van der Waals surface area contributed by atoms with Crippen molar-refractivity contribution < 1.29 is 14.6 Å². The molecule has 0 saturated carbocycles. The molecule has 0 unspecified atom stereocenters. The minimum Gasteiger partial charge on any atom is -0.497 e. The summed E-state index contributed by atoms with van der Waals surface area (Å²) in [6.45, 7) is 1.56. The third-order valence-corrected chi connectivity index (χ3v) is 3.39. The molecule has 0 radical (unpaired) electrons. The number of aliphatic hydroxyl groups is 1. The topological polar surface area (TPSA) is 41.9 Å². The lowest BCUT2D eigenvalue weighted by Gasteiger charge is -2.22. The van der Waals surface area contributed by atoms with E-state index in [9.17, 15) is 0 Å². The number of aliphatic hydroxyl groups excluding tert-OH is 1. The van der Waals surface area contributed by atoms with Gasteiger partial charge < -0.3 is 14.6 Å². The van der Waals surface area contributed by atoms with Crippen LogP contribution in [0, 0.1) is 0 Å². The molecule has 1 aromatic rings. The lowest BCUT2D eigenvalue weighted by Crippen LogP contribution is -2.28. The number of hydrogen-bond donors (Lipinski definition) is 1. The quantitative estimate of drug-likeness (QED) is 0.800. The van der Waals surface area contributed by atoms with Gasteiger partial charge in [-0.2, -0.15) is 0 Å². The molecule has 0 atom stereocenters. The van der Waals surface area contributed by atoms with E-state index in [-0.39, 0.29) is 6.61 Å². The second kappa shape index (κ2) is 9.08. The maximum absolute atomic E-state index is 9.13. The Morgan fingerprint density at radius 2 is 2.10 bits per heavy atom. The van der Waals surface area contributed by atoms with Crippen LogP contribution in [0.25, 0.3) is 0 Å². The van der Waals surface area contributed by atoms with E-state index in [1.54, 1.807) is 14.2 Å². The number of benzene rings is 1. The van der Waals surface area contributed by atoms with Gasteiger partial charge in [0.05, 0.1) is 20.8 Å². The van der Waals surface area contributed by atoms with E-state index in [1.165, 1.54) is 5.54 Å². The summed E-state index contributed by atoms with van der Waals surface area (Å²) in [6.07, 6.45) is 0. The van der Waals surface area contributed by atoms with E-state index >= 15 is 0 Å². The molecule has 0 aliphatic heterocycles. The molecule has 20 heavy (non-hydrogen) atoms. The number of methoxy groups -OCH3 is 2. The van der Waals surface area contributed by atoms with Crippen LogP contribution in [0.2, 0.25) is 0 Å². The summed E-state index contributed by atoms with van der Waals surface area (Å²) >= 11 is 11.5. The molecule has 0 heterocycles. The molecule has 1 N–H and O–H groups in total. The van der Waals surface area contributed by atoms with E-state index in [4.69, 9.17) is 37.8 Å². The second-order valence-electron chi connectivity index (χ2n) is 4.17. The summed E-state index contributed by atoms with van der Waals surface area (Å²) in [7, 11) is 3.23. The van der Waals surface area contributed by atoms with E-state index in [0.29, 0.717) is 24.7 Å². The average molecular weight is 320 g/mol. The van der Waals surface area contributed by atoms with Gasteiger partial charge >= 0.3 is 0 Å². The fourth-order valence-corrected chi connectivity index (χ4v) is 2.09. The highest BCUT2D eigenvalue weighted by Gasteiger charge is 2.12. The van der Waals surface area contributed by atoms with E-state index in [0.717, 1.165) is 17.1 Å². The Hall–Kier alpha value is -0.940. The zero-order chi connectivity index (χ0) is 15.0. The first-order valence-corrected chi connectivity index (χ1v) is 6.95. The molecule has 0 aliphatic rings. The molecular weight excluding hydrogens is 301 g/mol. The molecule has 0 saturated heterocycles. The van der Waals surface area contributed by atoms with Crippen LogP contribution in [0.1, 0.15) is 5.56 Å². The summed E-state index contributed by atoms with van der Waals surface area (Å²) in [5.41, 5.74) is 2.29. The molecule has 0 aromatic heterocycles. The van der Waals surface area contributed by atoms with Crippen molar-refractivity contribution in [3.63, 3.8) is 0 Å². The molecule has 0 spiro atoms. The maximum Gasteiger partial charge on any atom is 0.123 e. The predicted molar refractivity (Wildman–Crippen MR) is 81.7 cm³/mol. The summed E-state index contributed by atoms with van der Waals surface area (Å²) in [4.78, 5) is 1.97. The van der Waals surface area contributed by atoms with Crippen LogP contribution < -0.4 is 9.47 Å². The van der Waals surface area contributed by atoms with Gasteiger partial charge in [0, 0.05) is 35.8 Å². The fourth-order valence-electron chi connectivity index (χ4n) is 1.85. The number of rotatable bonds is 8. The first kappa shape index (κ1) is 17.1. The van der Waals surface area contributed by atoms with Crippen molar-refractivity contribution in [3.05, 3.63) is 34.3 Å². The zero-order valence-corrected chi connectivity index (χ0v) is 13.1. The average Bonchev–Trinajstić information content (AvgIpc) is 2.47. The summed E-state index contributed by atoms with van der Waals surface area (Å²) < 4.78 is 10.6. The van der Waals surface area contributed by atoms with Crippen LogP contribution in [0.4, 0.5) is 0 Å². The number of hydrogen-bond acceptors (Lipinski definition) is 4. The Kier molecular flexibility index (Phi) is 7.77. The Balaban J connectivity index is 2.90. The Bertz CT molecular complexity index is 452. The molecule has 0 fully saturated rings. The molecule has 112 valence electrons. The first-order valence-electron chi connectivity index (χ1n) is 6.13. The maximum atomic E-state index is 9.13. The van der Waals surface area contributed by atoms with Crippen molar-refractivity contribution in [1.29, 1.82) is 0 Å². The Labute approximate surface area is 129 Å². The van der Waals surface area contributed by atoms with Crippen LogP contribution in [0.15, 0.2) is 28.8 Å². The number of halogens is 2. The van der Waals surface area contributed by atoms with Gasteiger partial charge in [-0.15, -0.1) is 0 Å². The van der Waals surface area contributed by atoms with Gasteiger partial charge in [0.2, 0.25) is 0 Å². The lowest BCUT2D eigenvalue weighted by molar-refractivity contribution is 0.201. The third-order valence-electron chi connectivity index (χ3n) is 2.79. The second-order valence-corrected chi connectivity index (χ2v) is 4.87. The molecule has 6 heteroatoms. The number of nitrogens with zero attached hydrogens (tertiary/aromatic N) is 1. The van der Waals surface area contributed by atoms with Crippen molar-refractivity contribution in [3.8, 4) is 11.5 Å². The highest BCUT2D eigenvalue weighted by molar-refractivity contribution is 6.36. The van der Waals surface area contributed by atoms with Gasteiger partial charge in [0.1, 0.15) is 11.5 Å². The third kappa shape index (κ3) is 5.21. The van der Waals surface area contributed by atoms with Crippen LogP contribution >= 0.6 is 23.2 Å². The summed E-state index contributed by atoms with van der Waals surface area (Å²) in [6, 6.07) is 5.59. The number of ether oxygens (including phenoxy) is 2. The van der Waals surface area contributed by atoms with Crippen LogP contribution in [0.3, 0.4) is 0 Å². The Morgan fingerprint density at radius 1 is 1.35 bits per heavy atom. The van der Waals surface area contributed by atoms with Gasteiger partial charge in [-0.25, -0.2) is 0 Å². The fraction of sp³-hybridized carbons (Fsp3) is 0.429. The largest absolute Gasteiger partial charge is 0.497 e. The molecule has 0 aliphatic carbocycles. The van der Waals surface area contributed by atoms with Gasteiger partial charge in [-0.05, 0) is 18.2 Å². The monoisotopic (exact) mass is 319 g/mol.